The Morgan fingerprint density at radius 1 is 1.29 bits per heavy atom. The zero-order chi connectivity index (χ0) is 12.1. The van der Waals surface area contributed by atoms with Gasteiger partial charge in [0.1, 0.15) is 0 Å². The van der Waals surface area contributed by atoms with Gasteiger partial charge in [-0.3, -0.25) is 0 Å². The fourth-order valence-electron chi connectivity index (χ4n) is 2.47. The fourth-order valence-corrected chi connectivity index (χ4v) is 2.47. The molecule has 1 N–H and O–H groups in total. The molecule has 1 aliphatic rings. The molecule has 1 aliphatic heterocycles. The summed E-state index contributed by atoms with van der Waals surface area (Å²) in [5.41, 5.74) is 2.66. The molecule has 1 aromatic rings. The average Bonchev–Trinajstić information content (AvgIpc) is 2.38. The second-order valence-corrected chi connectivity index (χ2v) is 5.26. The van der Waals surface area contributed by atoms with Gasteiger partial charge in [0.25, 0.3) is 0 Å². The van der Waals surface area contributed by atoms with Crippen LogP contribution < -0.4 is 10.2 Å². The normalized spacial score (nSPS) is 20.2. The third-order valence-electron chi connectivity index (χ3n) is 3.75. The quantitative estimate of drug-likeness (QED) is 0.858. The van der Waals surface area contributed by atoms with Crippen molar-refractivity contribution in [1.29, 1.82) is 0 Å². The highest BCUT2D eigenvalue weighted by atomic mass is 15.1. The molecule has 94 valence electrons. The molecule has 1 fully saturated rings. The first-order valence-electron chi connectivity index (χ1n) is 6.74. The van der Waals surface area contributed by atoms with Gasteiger partial charge in [0.05, 0.1) is 0 Å². The van der Waals surface area contributed by atoms with Gasteiger partial charge in [0, 0.05) is 19.3 Å². The number of nitrogens with zero attached hydrogens (tertiary/aromatic N) is 1. The minimum absolute atomic E-state index is 0.872. The summed E-state index contributed by atoms with van der Waals surface area (Å²) in [6, 6.07) is 8.81. The van der Waals surface area contributed by atoms with E-state index in [-0.39, 0.29) is 0 Å². The summed E-state index contributed by atoms with van der Waals surface area (Å²) < 4.78 is 0. The van der Waals surface area contributed by atoms with Crippen molar-refractivity contribution in [2.45, 2.75) is 26.2 Å². The van der Waals surface area contributed by atoms with E-state index >= 15 is 0 Å². The van der Waals surface area contributed by atoms with Gasteiger partial charge in [-0.2, -0.15) is 0 Å². The SMILES string of the molecule is Cc1ccc(N(C)CCC2CCCNC2)cc1. The predicted octanol–water partition coefficient (Wildman–Crippen LogP) is 2.82. The summed E-state index contributed by atoms with van der Waals surface area (Å²) in [7, 11) is 2.20. The Morgan fingerprint density at radius 2 is 2.06 bits per heavy atom. The highest BCUT2D eigenvalue weighted by Crippen LogP contribution is 2.18. The van der Waals surface area contributed by atoms with Crippen molar-refractivity contribution < 1.29 is 0 Å². The topological polar surface area (TPSA) is 15.3 Å². The van der Waals surface area contributed by atoms with Crippen LogP contribution in [0.1, 0.15) is 24.8 Å². The van der Waals surface area contributed by atoms with Gasteiger partial charge in [-0.05, 0) is 57.3 Å². The molecule has 0 radical (unpaired) electrons. The third kappa shape index (κ3) is 3.74. The van der Waals surface area contributed by atoms with E-state index in [9.17, 15) is 0 Å². The molecule has 0 spiro atoms. The van der Waals surface area contributed by atoms with E-state index in [1.807, 2.05) is 0 Å². The molecule has 1 unspecified atom stereocenters. The lowest BCUT2D eigenvalue weighted by molar-refractivity contribution is 0.360. The van der Waals surface area contributed by atoms with Gasteiger partial charge < -0.3 is 10.2 Å². The van der Waals surface area contributed by atoms with E-state index in [4.69, 9.17) is 0 Å². The number of hydrogen-bond acceptors (Lipinski definition) is 2. The Morgan fingerprint density at radius 3 is 2.71 bits per heavy atom. The zero-order valence-corrected chi connectivity index (χ0v) is 11.1. The van der Waals surface area contributed by atoms with Gasteiger partial charge >= 0.3 is 0 Å². The first kappa shape index (κ1) is 12.4. The lowest BCUT2D eigenvalue weighted by atomic mass is 9.96. The van der Waals surface area contributed by atoms with E-state index < -0.39 is 0 Å². The first-order chi connectivity index (χ1) is 8.25. The Kier molecular flexibility index (Phi) is 4.43. The van der Waals surface area contributed by atoms with Crippen molar-refractivity contribution >= 4 is 5.69 Å². The molecular weight excluding hydrogens is 208 g/mol. The summed E-state index contributed by atoms with van der Waals surface area (Å²) in [4.78, 5) is 2.37. The summed E-state index contributed by atoms with van der Waals surface area (Å²) in [5.74, 6) is 0.872. The van der Waals surface area contributed by atoms with Crippen LogP contribution in [0.4, 0.5) is 5.69 Å². The monoisotopic (exact) mass is 232 g/mol. The molecule has 0 aliphatic carbocycles. The molecule has 17 heavy (non-hydrogen) atoms. The van der Waals surface area contributed by atoms with Crippen LogP contribution in [0.15, 0.2) is 24.3 Å². The van der Waals surface area contributed by atoms with Crippen LogP contribution in [-0.2, 0) is 0 Å². The fraction of sp³-hybridized carbons (Fsp3) is 0.600. The van der Waals surface area contributed by atoms with Gasteiger partial charge in [0.2, 0.25) is 0 Å². The summed E-state index contributed by atoms with van der Waals surface area (Å²) in [5, 5.41) is 3.49. The van der Waals surface area contributed by atoms with Crippen molar-refractivity contribution in [3.63, 3.8) is 0 Å². The molecule has 0 saturated carbocycles. The molecule has 2 heteroatoms. The minimum Gasteiger partial charge on any atom is -0.375 e. The molecule has 2 rings (SSSR count). The molecule has 1 aromatic carbocycles. The van der Waals surface area contributed by atoms with Crippen LogP contribution in [0.25, 0.3) is 0 Å². The Hall–Kier alpha value is -1.02. The van der Waals surface area contributed by atoms with Crippen molar-refractivity contribution in [1.82, 2.24) is 5.32 Å². The Labute approximate surface area is 105 Å². The van der Waals surface area contributed by atoms with Crippen molar-refractivity contribution in [3.05, 3.63) is 29.8 Å². The second-order valence-electron chi connectivity index (χ2n) is 5.26. The number of aryl methyl sites for hydroxylation is 1. The molecular formula is C15H24N2. The number of rotatable bonds is 4. The van der Waals surface area contributed by atoms with Crippen LogP contribution in [0, 0.1) is 12.8 Å². The minimum atomic E-state index is 0.872. The highest BCUT2D eigenvalue weighted by Gasteiger charge is 2.13. The van der Waals surface area contributed by atoms with Crippen LogP contribution in [0.2, 0.25) is 0 Å². The van der Waals surface area contributed by atoms with Crippen LogP contribution in [0.5, 0.6) is 0 Å². The molecule has 1 saturated heterocycles. The number of anilines is 1. The van der Waals surface area contributed by atoms with Gasteiger partial charge in [-0.15, -0.1) is 0 Å². The molecule has 1 heterocycles. The smallest absolute Gasteiger partial charge is 0.0363 e. The maximum Gasteiger partial charge on any atom is 0.0363 e. The number of hydrogen-bond donors (Lipinski definition) is 1. The van der Waals surface area contributed by atoms with E-state index in [2.05, 4.69) is 48.5 Å². The second kappa shape index (κ2) is 6.06. The van der Waals surface area contributed by atoms with E-state index in [0.29, 0.717) is 0 Å². The van der Waals surface area contributed by atoms with Gasteiger partial charge in [-0.1, -0.05) is 17.7 Å². The van der Waals surface area contributed by atoms with Crippen molar-refractivity contribution in [2.24, 2.45) is 5.92 Å². The van der Waals surface area contributed by atoms with Gasteiger partial charge in [0.15, 0.2) is 0 Å². The predicted molar refractivity (Wildman–Crippen MR) is 74.7 cm³/mol. The number of nitrogens with one attached hydrogen (secondary N) is 1. The maximum absolute atomic E-state index is 3.49. The van der Waals surface area contributed by atoms with Crippen molar-refractivity contribution in [3.8, 4) is 0 Å². The molecule has 0 amide bonds. The molecule has 2 nitrogen and oxygen atoms in total. The number of piperidine rings is 1. The summed E-state index contributed by atoms with van der Waals surface area (Å²) >= 11 is 0. The standard InChI is InChI=1S/C15H24N2/c1-13-5-7-15(8-6-13)17(2)11-9-14-4-3-10-16-12-14/h5-8,14,16H,3-4,9-12H2,1-2H3. The highest BCUT2D eigenvalue weighted by molar-refractivity contribution is 5.46. The molecule has 1 atom stereocenters. The largest absolute Gasteiger partial charge is 0.375 e. The van der Waals surface area contributed by atoms with Crippen LogP contribution >= 0.6 is 0 Å². The maximum atomic E-state index is 3.49. The van der Waals surface area contributed by atoms with E-state index in [1.165, 1.54) is 43.6 Å². The third-order valence-corrected chi connectivity index (χ3v) is 3.75. The lowest BCUT2D eigenvalue weighted by Gasteiger charge is -2.26. The van der Waals surface area contributed by atoms with Crippen LogP contribution in [-0.4, -0.2) is 26.7 Å². The first-order valence-corrected chi connectivity index (χ1v) is 6.74. The number of benzene rings is 1. The van der Waals surface area contributed by atoms with E-state index in [0.717, 1.165) is 12.5 Å². The summed E-state index contributed by atoms with van der Waals surface area (Å²) in [6.45, 7) is 5.72. The molecule has 0 bridgehead atoms. The zero-order valence-electron chi connectivity index (χ0n) is 11.1. The van der Waals surface area contributed by atoms with Crippen molar-refractivity contribution in [2.75, 3.05) is 31.6 Å². The van der Waals surface area contributed by atoms with E-state index in [1.54, 1.807) is 0 Å². The Bertz CT molecular complexity index is 325. The summed E-state index contributed by atoms with van der Waals surface area (Å²) in [6.07, 6.45) is 4.05. The van der Waals surface area contributed by atoms with Crippen LogP contribution in [0.3, 0.4) is 0 Å². The molecule has 0 aromatic heterocycles. The average molecular weight is 232 g/mol. The van der Waals surface area contributed by atoms with Gasteiger partial charge in [-0.25, -0.2) is 0 Å². The lowest BCUT2D eigenvalue weighted by Crippen LogP contribution is -2.32. The Balaban J connectivity index is 1.80.